The highest BCUT2D eigenvalue weighted by atomic mass is 79.9. The van der Waals surface area contributed by atoms with E-state index in [0.29, 0.717) is 4.91 Å². The van der Waals surface area contributed by atoms with Gasteiger partial charge in [-0.1, -0.05) is 58.0 Å². The van der Waals surface area contributed by atoms with Crippen molar-refractivity contribution in [1.29, 1.82) is 0 Å². The zero-order valence-electron chi connectivity index (χ0n) is 12.4. The molecule has 1 amide bonds. The highest BCUT2D eigenvalue weighted by Crippen LogP contribution is 2.26. The van der Waals surface area contributed by atoms with Crippen LogP contribution in [0.3, 0.4) is 0 Å². The molecule has 3 nitrogen and oxygen atoms in total. The minimum absolute atomic E-state index is 0.348. The van der Waals surface area contributed by atoms with Crippen LogP contribution in [0.4, 0.5) is 0 Å². The summed E-state index contributed by atoms with van der Waals surface area (Å²) < 4.78 is 6.15. The van der Waals surface area contributed by atoms with Crippen molar-refractivity contribution >= 4 is 52.0 Å². The number of halogens is 1. The largest absolute Gasteiger partial charge is 0.408 e. The summed E-state index contributed by atoms with van der Waals surface area (Å²) in [5.74, 6) is -0.412. The lowest BCUT2D eigenvalue weighted by Gasteiger charge is -2.02. The molecule has 0 radical (unpaired) electrons. The number of carbonyl (C=O) groups is 1. The smallest absolute Gasteiger partial charge is 0.285 e. The third-order valence-electron chi connectivity index (χ3n) is 2.65. The normalized spacial score (nSPS) is 10.7. The molecule has 0 aliphatic rings. The van der Waals surface area contributed by atoms with E-state index in [2.05, 4.69) is 27.5 Å². The molecule has 2 rings (SSSR count). The number of aliphatic imine (C=N–C) groups is 1. The molecule has 0 bridgehead atoms. The fraction of sp³-hybridized carbons (Fsp3) is 0.0588. The van der Waals surface area contributed by atoms with Crippen LogP contribution >= 0.6 is 39.7 Å². The van der Waals surface area contributed by atoms with Gasteiger partial charge in [0, 0.05) is 14.3 Å². The van der Waals surface area contributed by atoms with E-state index < -0.39 is 5.91 Å². The highest BCUT2D eigenvalue weighted by Gasteiger charge is 2.07. The molecule has 118 valence electrons. The van der Waals surface area contributed by atoms with Gasteiger partial charge in [0.15, 0.2) is 6.40 Å². The van der Waals surface area contributed by atoms with Crippen LogP contribution in [0.5, 0.6) is 0 Å². The van der Waals surface area contributed by atoms with Crippen LogP contribution in [0.25, 0.3) is 0 Å². The zero-order chi connectivity index (χ0) is 16.7. The van der Waals surface area contributed by atoms with Gasteiger partial charge in [0.25, 0.3) is 5.91 Å². The Morgan fingerprint density at radius 2 is 1.96 bits per heavy atom. The minimum Gasteiger partial charge on any atom is -0.408 e. The molecule has 2 aromatic carbocycles. The second kappa shape index (κ2) is 8.96. The Morgan fingerprint density at radius 3 is 2.65 bits per heavy atom. The van der Waals surface area contributed by atoms with Gasteiger partial charge in [-0.25, -0.2) is 0 Å². The predicted octanol–water partition coefficient (Wildman–Crippen LogP) is 5.64. The highest BCUT2D eigenvalue weighted by molar-refractivity contribution is 9.10. The van der Waals surface area contributed by atoms with E-state index in [-0.39, 0.29) is 0 Å². The predicted molar refractivity (Wildman–Crippen MR) is 101 cm³/mol. The number of amides is 1. The van der Waals surface area contributed by atoms with E-state index in [4.69, 9.17) is 4.18 Å². The van der Waals surface area contributed by atoms with Crippen LogP contribution in [0.1, 0.15) is 5.56 Å². The Labute approximate surface area is 152 Å². The molecular weight excluding hydrogens is 394 g/mol. The van der Waals surface area contributed by atoms with Crippen molar-refractivity contribution in [1.82, 2.24) is 0 Å². The molecule has 0 N–H and O–H groups in total. The van der Waals surface area contributed by atoms with E-state index in [9.17, 15) is 4.79 Å². The van der Waals surface area contributed by atoms with Crippen molar-refractivity contribution in [3.05, 3.63) is 70.1 Å². The molecule has 0 saturated carbocycles. The average Bonchev–Trinajstić information content (AvgIpc) is 2.53. The van der Waals surface area contributed by atoms with Gasteiger partial charge in [0.1, 0.15) is 0 Å². The summed E-state index contributed by atoms with van der Waals surface area (Å²) in [7, 11) is 0. The number of carbonyl (C=O) groups excluding carboxylic acids is 1. The maximum Gasteiger partial charge on any atom is 0.285 e. The molecule has 0 fully saturated rings. The molecule has 0 aliphatic carbocycles. The second-order valence-corrected chi connectivity index (χ2v) is 7.43. The van der Waals surface area contributed by atoms with Crippen molar-refractivity contribution in [3.8, 4) is 0 Å². The number of aryl methyl sites for hydroxylation is 1. The third kappa shape index (κ3) is 6.25. The van der Waals surface area contributed by atoms with Gasteiger partial charge >= 0.3 is 0 Å². The minimum atomic E-state index is -0.412. The maximum atomic E-state index is 11.9. The monoisotopic (exact) mass is 407 g/mol. The molecule has 23 heavy (non-hydrogen) atoms. The number of hydrogen-bond donors (Lipinski definition) is 0. The van der Waals surface area contributed by atoms with Crippen molar-refractivity contribution in [2.75, 3.05) is 0 Å². The van der Waals surface area contributed by atoms with E-state index in [1.807, 2.05) is 55.5 Å². The molecule has 0 unspecified atom stereocenters. The van der Waals surface area contributed by atoms with Crippen LogP contribution in [-0.4, -0.2) is 12.3 Å². The van der Waals surface area contributed by atoms with E-state index in [0.717, 1.165) is 32.7 Å². The molecule has 0 aromatic heterocycles. The molecule has 2 aromatic rings. The third-order valence-corrected chi connectivity index (χ3v) is 4.70. The van der Waals surface area contributed by atoms with E-state index >= 15 is 0 Å². The number of nitrogens with zero attached hydrogens (tertiary/aromatic N) is 1. The summed E-state index contributed by atoms with van der Waals surface area (Å²) in [5.41, 5.74) is 1.17. The topological polar surface area (TPSA) is 38.7 Å². The zero-order valence-corrected chi connectivity index (χ0v) is 15.6. The lowest BCUT2D eigenvalue weighted by molar-refractivity contribution is -0.113. The van der Waals surface area contributed by atoms with Crippen molar-refractivity contribution < 1.29 is 8.98 Å². The Hall–Kier alpha value is -1.50. The van der Waals surface area contributed by atoms with Crippen molar-refractivity contribution in [2.24, 2.45) is 4.99 Å². The Bertz CT molecular complexity index is 730. The van der Waals surface area contributed by atoms with Crippen LogP contribution in [0.2, 0.25) is 0 Å². The maximum absolute atomic E-state index is 11.9. The van der Waals surface area contributed by atoms with Gasteiger partial charge in [-0.3, -0.25) is 4.79 Å². The van der Waals surface area contributed by atoms with E-state index in [1.54, 1.807) is 0 Å². The van der Waals surface area contributed by atoms with Gasteiger partial charge < -0.3 is 4.18 Å². The van der Waals surface area contributed by atoms with Crippen LogP contribution in [0.15, 0.2) is 79.3 Å². The number of benzene rings is 2. The lowest BCUT2D eigenvalue weighted by Crippen LogP contribution is -1.95. The first-order valence-corrected chi connectivity index (χ1v) is 8.99. The van der Waals surface area contributed by atoms with Gasteiger partial charge in [0.05, 0.1) is 16.9 Å². The average molecular weight is 408 g/mol. The Kier molecular flexibility index (Phi) is 6.95. The number of hydrogen-bond acceptors (Lipinski definition) is 4. The van der Waals surface area contributed by atoms with Gasteiger partial charge in [-0.2, -0.15) is 4.99 Å². The molecule has 0 aliphatic heterocycles. The first-order chi connectivity index (χ1) is 11.0. The first-order valence-electron chi connectivity index (χ1n) is 6.64. The van der Waals surface area contributed by atoms with Gasteiger partial charge in [0.2, 0.25) is 0 Å². The Morgan fingerprint density at radius 1 is 1.22 bits per heavy atom. The number of rotatable bonds is 6. The van der Waals surface area contributed by atoms with Gasteiger partial charge in [-0.05, 0) is 37.3 Å². The molecule has 0 heterocycles. The van der Waals surface area contributed by atoms with Crippen molar-refractivity contribution in [3.63, 3.8) is 0 Å². The quantitative estimate of drug-likeness (QED) is 0.204. The molecule has 0 saturated heterocycles. The Balaban J connectivity index is 1.81. The van der Waals surface area contributed by atoms with Crippen LogP contribution < -0.4 is 0 Å². The number of thioether (sulfide) groups is 1. The summed E-state index contributed by atoms with van der Waals surface area (Å²) in [6.07, 6.45) is 1.13. The summed E-state index contributed by atoms with van der Waals surface area (Å²) in [6, 6.07) is 15.5. The fourth-order valence-electron chi connectivity index (χ4n) is 1.53. The van der Waals surface area contributed by atoms with Crippen LogP contribution in [0, 0.1) is 6.92 Å². The standard InChI is InChI=1S/C17H14BrNO2S2/c1-12-6-8-15(9-7-12)22-13(2)17(20)19-11-21-23-16-5-3-4-14(18)10-16/h3-11H,2H2,1H3. The first kappa shape index (κ1) is 17.8. The van der Waals surface area contributed by atoms with Gasteiger partial charge in [-0.15, -0.1) is 0 Å². The second-order valence-electron chi connectivity index (χ2n) is 4.51. The summed E-state index contributed by atoms with van der Waals surface area (Å²) >= 11 is 5.79. The molecule has 6 heteroatoms. The molecule has 0 spiro atoms. The van der Waals surface area contributed by atoms with Crippen LogP contribution in [-0.2, 0) is 8.98 Å². The summed E-state index contributed by atoms with van der Waals surface area (Å²) in [5, 5.41) is 0. The van der Waals surface area contributed by atoms with Crippen molar-refractivity contribution in [2.45, 2.75) is 16.7 Å². The molecular formula is C17H14BrNO2S2. The summed E-state index contributed by atoms with van der Waals surface area (Å²) in [6.45, 7) is 5.76. The molecule has 0 atom stereocenters. The van der Waals surface area contributed by atoms with E-state index in [1.165, 1.54) is 17.3 Å². The SMILES string of the molecule is C=C(Sc1ccc(C)cc1)C(=O)N=COSc1cccc(Br)c1. The fourth-order valence-corrected chi connectivity index (χ4v) is 3.28. The lowest BCUT2D eigenvalue weighted by atomic mass is 10.2. The summed E-state index contributed by atoms with van der Waals surface area (Å²) in [4.78, 5) is 17.8.